The van der Waals surface area contributed by atoms with E-state index in [-0.39, 0.29) is 11.9 Å². The van der Waals surface area contributed by atoms with Crippen molar-refractivity contribution >= 4 is 39.1 Å². The minimum Gasteiger partial charge on any atom is -0.326 e. The molecule has 5 heteroatoms. The van der Waals surface area contributed by atoms with Gasteiger partial charge in [-0.15, -0.1) is 0 Å². The zero-order chi connectivity index (χ0) is 15.0. The van der Waals surface area contributed by atoms with Crippen molar-refractivity contribution in [2.24, 2.45) is 5.73 Å². The summed E-state index contributed by atoms with van der Waals surface area (Å²) in [6, 6.07) is 11.3. The molecule has 0 aromatic heterocycles. The molecule has 0 spiro atoms. The van der Waals surface area contributed by atoms with Gasteiger partial charge in [0.25, 0.3) is 0 Å². The summed E-state index contributed by atoms with van der Waals surface area (Å²) in [5.74, 6) is 0.0653. The summed E-state index contributed by atoms with van der Waals surface area (Å²) < 4.78 is 0.927. The van der Waals surface area contributed by atoms with Gasteiger partial charge in [-0.05, 0) is 41.3 Å². The molecular formula is C16H14BrClN2O. The molecule has 1 heterocycles. The van der Waals surface area contributed by atoms with E-state index in [0.29, 0.717) is 11.4 Å². The van der Waals surface area contributed by atoms with Crippen LogP contribution >= 0.6 is 27.5 Å². The predicted molar refractivity (Wildman–Crippen MR) is 88.6 cm³/mol. The highest BCUT2D eigenvalue weighted by Crippen LogP contribution is 2.32. The topological polar surface area (TPSA) is 55.1 Å². The highest BCUT2D eigenvalue weighted by molar-refractivity contribution is 9.10. The van der Waals surface area contributed by atoms with Crippen LogP contribution in [0.4, 0.5) is 5.69 Å². The van der Waals surface area contributed by atoms with Gasteiger partial charge in [-0.3, -0.25) is 4.79 Å². The van der Waals surface area contributed by atoms with E-state index >= 15 is 0 Å². The molecule has 2 aromatic rings. The second-order valence-electron chi connectivity index (χ2n) is 5.11. The molecule has 0 aliphatic carbocycles. The van der Waals surface area contributed by atoms with Crippen molar-refractivity contribution in [3.8, 4) is 0 Å². The Hall–Kier alpha value is -1.36. The SMILES string of the molecule is NC(c1ccc2c(c1)CCC(=O)N2)c1ccc(Br)cc1Cl. The molecule has 0 saturated heterocycles. The van der Waals surface area contributed by atoms with Gasteiger partial charge in [-0.1, -0.05) is 45.7 Å². The summed E-state index contributed by atoms with van der Waals surface area (Å²) in [4.78, 5) is 11.4. The third-order valence-corrected chi connectivity index (χ3v) is 4.50. The maximum absolute atomic E-state index is 11.4. The average Bonchev–Trinajstić information content (AvgIpc) is 2.46. The van der Waals surface area contributed by atoms with Crippen LogP contribution in [0, 0.1) is 0 Å². The molecule has 21 heavy (non-hydrogen) atoms. The number of hydrogen-bond acceptors (Lipinski definition) is 2. The monoisotopic (exact) mass is 364 g/mol. The number of fused-ring (bicyclic) bond motifs is 1. The lowest BCUT2D eigenvalue weighted by Gasteiger charge is -2.20. The minimum absolute atomic E-state index is 0.0653. The first-order valence-electron chi connectivity index (χ1n) is 6.68. The summed E-state index contributed by atoms with van der Waals surface area (Å²) in [6.07, 6.45) is 1.26. The molecule has 1 unspecified atom stereocenters. The van der Waals surface area contributed by atoms with Gasteiger partial charge >= 0.3 is 0 Å². The minimum atomic E-state index is -0.284. The number of nitrogens with one attached hydrogen (secondary N) is 1. The lowest BCUT2D eigenvalue weighted by Crippen LogP contribution is -2.20. The maximum Gasteiger partial charge on any atom is 0.224 e. The van der Waals surface area contributed by atoms with Gasteiger partial charge in [0.15, 0.2) is 0 Å². The van der Waals surface area contributed by atoms with Crippen molar-refractivity contribution < 1.29 is 4.79 Å². The van der Waals surface area contributed by atoms with Gasteiger partial charge in [0, 0.05) is 21.6 Å². The Bertz CT molecular complexity index is 717. The normalized spacial score (nSPS) is 15.3. The summed E-state index contributed by atoms with van der Waals surface area (Å²) in [6.45, 7) is 0. The van der Waals surface area contributed by atoms with Gasteiger partial charge in [0.1, 0.15) is 0 Å². The number of rotatable bonds is 2. The Morgan fingerprint density at radius 1 is 1.19 bits per heavy atom. The number of halogens is 2. The first-order chi connectivity index (χ1) is 10.0. The van der Waals surface area contributed by atoms with Crippen LogP contribution in [-0.4, -0.2) is 5.91 Å². The Kier molecular flexibility index (Phi) is 4.02. The van der Waals surface area contributed by atoms with E-state index in [1.54, 1.807) is 0 Å². The number of nitrogens with two attached hydrogens (primary N) is 1. The van der Waals surface area contributed by atoms with Crippen LogP contribution in [0.5, 0.6) is 0 Å². The fourth-order valence-electron chi connectivity index (χ4n) is 2.53. The molecule has 1 aliphatic heterocycles. The lowest BCUT2D eigenvalue weighted by atomic mass is 9.94. The third-order valence-electron chi connectivity index (χ3n) is 3.68. The van der Waals surface area contributed by atoms with Gasteiger partial charge in [-0.25, -0.2) is 0 Å². The molecule has 0 saturated carbocycles. The zero-order valence-electron chi connectivity index (χ0n) is 11.2. The van der Waals surface area contributed by atoms with Crippen molar-refractivity contribution in [2.45, 2.75) is 18.9 Å². The second-order valence-corrected chi connectivity index (χ2v) is 6.43. The highest BCUT2D eigenvalue weighted by Gasteiger charge is 2.18. The summed E-state index contributed by atoms with van der Waals surface area (Å²) in [5.41, 5.74) is 10.2. The van der Waals surface area contributed by atoms with Crippen LogP contribution in [0.25, 0.3) is 0 Å². The van der Waals surface area contributed by atoms with E-state index in [4.69, 9.17) is 17.3 Å². The van der Waals surface area contributed by atoms with E-state index < -0.39 is 0 Å². The molecule has 3 rings (SSSR count). The molecule has 0 fully saturated rings. The quantitative estimate of drug-likeness (QED) is 0.844. The Balaban J connectivity index is 1.95. The van der Waals surface area contributed by atoms with Crippen molar-refractivity contribution in [3.63, 3.8) is 0 Å². The number of carbonyl (C=O) groups is 1. The number of anilines is 1. The Morgan fingerprint density at radius 3 is 2.76 bits per heavy atom. The van der Waals surface area contributed by atoms with Gasteiger partial charge in [0.05, 0.1) is 6.04 Å². The fraction of sp³-hybridized carbons (Fsp3) is 0.188. The molecule has 108 valence electrons. The number of carbonyl (C=O) groups excluding carboxylic acids is 1. The molecule has 3 N–H and O–H groups in total. The fourth-order valence-corrected chi connectivity index (χ4v) is 3.32. The number of hydrogen-bond donors (Lipinski definition) is 2. The Morgan fingerprint density at radius 2 is 2.00 bits per heavy atom. The summed E-state index contributed by atoms with van der Waals surface area (Å²) >= 11 is 9.66. The third kappa shape index (κ3) is 2.98. The van der Waals surface area contributed by atoms with E-state index in [1.807, 2.05) is 30.3 Å². The summed E-state index contributed by atoms with van der Waals surface area (Å²) in [5, 5.41) is 3.51. The van der Waals surface area contributed by atoms with Crippen molar-refractivity contribution in [2.75, 3.05) is 5.32 Å². The van der Waals surface area contributed by atoms with Crippen LogP contribution in [0.15, 0.2) is 40.9 Å². The molecule has 1 atom stereocenters. The van der Waals surface area contributed by atoms with Crippen molar-refractivity contribution in [3.05, 3.63) is 62.6 Å². The molecule has 1 aliphatic rings. The van der Waals surface area contributed by atoms with E-state index in [1.165, 1.54) is 0 Å². The molecule has 3 nitrogen and oxygen atoms in total. The standard InChI is InChI=1S/C16H14BrClN2O/c17-11-3-4-12(13(18)8-11)16(19)10-1-5-14-9(7-10)2-6-15(21)20-14/h1,3-5,7-8,16H,2,6,19H2,(H,20,21). The van der Waals surface area contributed by atoms with E-state index in [9.17, 15) is 4.79 Å². The first kappa shape index (κ1) is 14.6. The van der Waals surface area contributed by atoms with E-state index in [0.717, 1.165) is 33.3 Å². The number of amides is 1. The van der Waals surface area contributed by atoms with Crippen LogP contribution in [0.3, 0.4) is 0 Å². The predicted octanol–water partition coefficient (Wildman–Crippen LogP) is 4.04. The molecule has 0 bridgehead atoms. The molecular weight excluding hydrogens is 352 g/mol. The van der Waals surface area contributed by atoms with E-state index in [2.05, 4.69) is 27.3 Å². The molecule has 0 radical (unpaired) electrons. The van der Waals surface area contributed by atoms with Crippen LogP contribution in [-0.2, 0) is 11.2 Å². The highest BCUT2D eigenvalue weighted by atomic mass is 79.9. The molecule has 1 amide bonds. The smallest absolute Gasteiger partial charge is 0.224 e. The second kappa shape index (κ2) is 5.79. The Labute approximate surface area is 136 Å². The average molecular weight is 366 g/mol. The number of aryl methyl sites for hydroxylation is 1. The summed E-state index contributed by atoms with van der Waals surface area (Å²) in [7, 11) is 0. The van der Waals surface area contributed by atoms with Gasteiger partial charge < -0.3 is 11.1 Å². The van der Waals surface area contributed by atoms with Crippen molar-refractivity contribution in [1.29, 1.82) is 0 Å². The molecule has 2 aromatic carbocycles. The van der Waals surface area contributed by atoms with Crippen molar-refractivity contribution in [1.82, 2.24) is 0 Å². The lowest BCUT2D eigenvalue weighted by molar-refractivity contribution is -0.116. The first-order valence-corrected chi connectivity index (χ1v) is 7.85. The largest absolute Gasteiger partial charge is 0.326 e. The number of benzene rings is 2. The van der Waals surface area contributed by atoms with Crippen LogP contribution < -0.4 is 11.1 Å². The van der Waals surface area contributed by atoms with Gasteiger partial charge in [0.2, 0.25) is 5.91 Å². The van der Waals surface area contributed by atoms with Gasteiger partial charge in [-0.2, -0.15) is 0 Å². The maximum atomic E-state index is 11.4. The van der Waals surface area contributed by atoms with Crippen LogP contribution in [0.2, 0.25) is 5.02 Å². The van der Waals surface area contributed by atoms with Crippen LogP contribution in [0.1, 0.15) is 29.2 Å². The zero-order valence-corrected chi connectivity index (χ0v) is 13.5.